The molecule has 0 aliphatic carbocycles. The maximum Gasteiger partial charge on any atom is 0.108 e. The van der Waals surface area contributed by atoms with E-state index in [0.717, 1.165) is 12.7 Å². The lowest BCUT2D eigenvalue weighted by atomic mass is 10.8. The minimum atomic E-state index is 1.07. The van der Waals surface area contributed by atoms with Gasteiger partial charge in [-0.05, 0) is 0 Å². The van der Waals surface area contributed by atoms with Gasteiger partial charge in [-0.25, -0.2) is 0 Å². The van der Waals surface area contributed by atoms with Crippen molar-refractivity contribution in [1.29, 1.82) is 0 Å². The molecule has 0 heterocycles. The fraction of sp³-hybridized carbons (Fsp3) is 0. The van der Waals surface area contributed by atoms with E-state index >= 15 is 0 Å². The van der Waals surface area contributed by atoms with Gasteiger partial charge in [0.25, 0.3) is 0 Å². The SMILES string of the molecule is N/C=N/N=C\C=N/N=C/N. The zero-order chi connectivity index (χ0) is 7.66. The van der Waals surface area contributed by atoms with Crippen LogP contribution in [0.1, 0.15) is 0 Å². The first-order valence-electron chi connectivity index (χ1n) is 2.43. The van der Waals surface area contributed by atoms with Crippen LogP contribution < -0.4 is 11.5 Å². The van der Waals surface area contributed by atoms with Gasteiger partial charge < -0.3 is 11.5 Å². The van der Waals surface area contributed by atoms with Crippen LogP contribution in [0.25, 0.3) is 0 Å². The average molecular weight is 140 g/mol. The highest BCUT2D eigenvalue weighted by atomic mass is 15.2. The standard InChI is InChI=1S/C4H8N6/c5-3-9-7-1-2-8-10-4-6/h1-4H,(H2,5,9)(H2,6,10)/b7-1-,8-2-. The smallest absolute Gasteiger partial charge is 0.108 e. The Balaban J connectivity index is 3.51. The molecule has 6 nitrogen and oxygen atoms in total. The molecule has 0 radical (unpaired) electrons. The minimum absolute atomic E-state index is 1.07. The summed E-state index contributed by atoms with van der Waals surface area (Å²) in [4.78, 5) is 0. The van der Waals surface area contributed by atoms with Gasteiger partial charge in [0, 0.05) is 0 Å². The highest BCUT2D eigenvalue weighted by Gasteiger charge is 1.60. The molecule has 10 heavy (non-hydrogen) atoms. The van der Waals surface area contributed by atoms with Gasteiger partial charge in [-0.15, -0.1) is 10.2 Å². The summed E-state index contributed by atoms with van der Waals surface area (Å²) >= 11 is 0. The zero-order valence-electron chi connectivity index (χ0n) is 5.25. The first-order valence-corrected chi connectivity index (χ1v) is 2.43. The molecule has 0 aromatic rings. The highest BCUT2D eigenvalue weighted by Crippen LogP contribution is 1.63. The highest BCUT2D eigenvalue weighted by molar-refractivity contribution is 6.15. The van der Waals surface area contributed by atoms with Crippen molar-refractivity contribution in [3.8, 4) is 0 Å². The van der Waals surface area contributed by atoms with Crippen molar-refractivity contribution < 1.29 is 0 Å². The molecule has 0 saturated carbocycles. The molecule has 54 valence electrons. The molecule has 0 aromatic carbocycles. The molecule has 4 N–H and O–H groups in total. The molecule has 0 atom stereocenters. The van der Waals surface area contributed by atoms with Crippen molar-refractivity contribution in [1.82, 2.24) is 0 Å². The summed E-state index contributed by atoms with van der Waals surface area (Å²) in [5, 5.41) is 13.5. The van der Waals surface area contributed by atoms with Crippen LogP contribution in [0.5, 0.6) is 0 Å². The largest absolute Gasteiger partial charge is 0.388 e. The number of hydrogen-bond acceptors (Lipinski definition) is 4. The molecule has 0 aromatic heterocycles. The normalized spacial score (nSPS) is 13.2. The van der Waals surface area contributed by atoms with Gasteiger partial charge >= 0.3 is 0 Å². The van der Waals surface area contributed by atoms with Gasteiger partial charge in [-0.3, -0.25) is 0 Å². The monoisotopic (exact) mass is 140 g/mol. The lowest BCUT2D eigenvalue weighted by Crippen LogP contribution is -1.87. The predicted octanol–water partition coefficient (Wildman–Crippen LogP) is -1.07. The van der Waals surface area contributed by atoms with Gasteiger partial charge in [-0.1, -0.05) is 0 Å². The van der Waals surface area contributed by atoms with E-state index < -0.39 is 0 Å². The molecule has 0 unspecified atom stereocenters. The molecular formula is C4H8N6. The van der Waals surface area contributed by atoms with Gasteiger partial charge in [0.05, 0.1) is 12.4 Å². The Morgan fingerprint density at radius 3 is 1.40 bits per heavy atom. The summed E-state index contributed by atoms with van der Waals surface area (Å²) in [7, 11) is 0. The number of nitrogens with zero attached hydrogens (tertiary/aromatic N) is 4. The second-order valence-electron chi connectivity index (χ2n) is 1.06. The number of rotatable bonds is 3. The lowest BCUT2D eigenvalue weighted by Gasteiger charge is -1.71. The molecule has 6 heteroatoms. The Morgan fingerprint density at radius 1 is 0.700 bits per heavy atom. The van der Waals surface area contributed by atoms with Crippen LogP contribution in [-0.2, 0) is 0 Å². The van der Waals surface area contributed by atoms with Crippen molar-refractivity contribution in [3.05, 3.63) is 0 Å². The third kappa shape index (κ3) is 6.28. The van der Waals surface area contributed by atoms with Crippen LogP contribution in [0.3, 0.4) is 0 Å². The fourth-order valence-corrected chi connectivity index (χ4v) is 0.214. The molecule has 0 aliphatic rings. The molecule has 0 rings (SSSR count). The fourth-order valence-electron chi connectivity index (χ4n) is 0.214. The molecule has 0 bridgehead atoms. The van der Waals surface area contributed by atoms with Crippen molar-refractivity contribution in [2.24, 2.45) is 31.9 Å². The average Bonchev–Trinajstić information content (AvgIpc) is 1.97. The lowest BCUT2D eigenvalue weighted by molar-refractivity contribution is 1.25. The van der Waals surface area contributed by atoms with Gasteiger partial charge in [0.1, 0.15) is 12.7 Å². The number of hydrogen-bond donors (Lipinski definition) is 2. The Kier molecular flexibility index (Phi) is 6.03. The second-order valence-corrected chi connectivity index (χ2v) is 1.06. The van der Waals surface area contributed by atoms with Crippen LogP contribution in [0.4, 0.5) is 0 Å². The maximum absolute atomic E-state index is 4.87. The summed E-state index contributed by atoms with van der Waals surface area (Å²) in [6.45, 7) is 0. The van der Waals surface area contributed by atoms with Crippen molar-refractivity contribution in [2.45, 2.75) is 0 Å². The maximum atomic E-state index is 4.87. The van der Waals surface area contributed by atoms with Gasteiger partial charge in [0.2, 0.25) is 0 Å². The van der Waals surface area contributed by atoms with Crippen molar-refractivity contribution in [3.63, 3.8) is 0 Å². The summed E-state index contributed by atoms with van der Waals surface area (Å²) < 4.78 is 0. The van der Waals surface area contributed by atoms with Gasteiger partial charge in [0.15, 0.2) is 0 Å². The van der Waals surface area contributed by atoms with E-state index in [1.54, 1.807) is 0 Å². The molecule has 0 saturated heterocycles. The van der Waals surface area contributed by atoms with Crippen molar-refractivity contribution in [2.75, 3.05) is 0 Å². The Bertz CT molecular complexity index is 147. The van der Waals surface area contributed by atoms with Crippen LogP contribution in [-0.4, -0.2) is 25.1 Å². The van der Waals surface area contributed by atoms with E-state index in [1.165, 1.54) is 12.4 Å². The van der Waals surface area contributed by atoms with E-state index in [0.29, 0.717) is 0 Å². The number of nitrogens with two attached hydrogens (primary N) is 2. The second kappa shape index (κ2) is 7.28. The molecule has 0 aliphatic heterocycles. The molecule has 0 spiro atoms. The Morgan fingerprint density at radius 2 is 1.10 bits per heavy atom. The van der Waals surface area contributed by atoms with Crippen LogP contribution >= 0.6 is 0 Å². The van der Waals surface area contributed by atoms with E-state index in [2.05, 4.69) is 20.4 Å². The summed E-state index contributed by atoms with van der Waals surface area (Å²) in [5.41, 5.74) is 9.74. The topological polar surface area (TPSA) is 101 Å². The molecular weight excluding hydrogens is 132 g/mol. The Hall–Kier alpha value is -1.72. The first kappa shape index (κ1) is 8.28. The molecule has 0 fully saturated rings. The van der Waals surface area contributed by atoms with E-state index in [1.807, 2.05) is 0 Å². The minimum Gasteiger partial charge on any atom is -0.388 e. The van der Waals surface area contributed by atoms with Crippen molar-refractivity contribution >= 4 is 25.1 Å². The summed E-state index contributed by atoms with van der Waals surface area (Å²) in [6.07, 6.45) is 4.79. The Labute approximate surface area is 58.0 Å². The van der Waals surface area contributed by atoms with E-state index in [-0.39, 0.29) is 0 Å². The predicted molar refractivity (Wildman–Crippen MR) is 42.3 cm³/mol. The zero-order valence-corrected chi connectivity index (χ0v) is 5.25. The summed E-state index contributed by atoms with van der Waals surface area (Å²) in [6, 6.07) is 0. The third-order valence-corrected chi connectivity index (χ3v) is 0.467. The van der Waals surface area contributed by atoms with E-state index in [9.17, 15) is 0 Å². The van der Waals surface area contributed by atoms with E-state index in [4.69, 9.17) is 11.5 Å². The van der Waals surface area contributed by atoms with Crippen LogP contribution in [0.2, 0.25) is 0 Å². The first-order chi connectivity index (χ1) is 4.91. The van der Waals surface area contributed by atoms with Gasteiger partial charge in [-0.2, -0.15) is 10.2 Å². The molecule has 0 amide bonds. The quantitative estimate of drug-likeness (QED) is 0.296. The van der Waals surface area contributed by atoms with Crippen LogP contribution in [0.15, 0.2) is 20.4 Å². The summed E-state index contributed by atoms with van der Waals surface area (Å²) in [5.74, 6) is 0. The third-order valence-electron chi connectivity index (χ3n) is 0.467. The van der Waals surface area contributed by atoms with Crippen LogP contribution in [0, 0.1) is 0 Å².